The number of carbonyl (C=O) groups excluding carboxylic acids is 3. The maximum atomic E-state index is 13.5. The molecule has 1 aromatic heterocycles. The van der Waals surface area contributed by atoms with Crippen LogP contribution in [0.2, 0.25) is 0 Å². The quantitative estimate of drug-likeness (QED) is 0.469. The van der Waals surface area contributed by atoms with Crippen molar-refractivity contribution in [2.24, 2.45) is 7.05 Å². The highest BCUT2D eigenvalue weighted by molar-refractivity contribution is 6.08. The first kappa shape index (κ1) is 23.0. The molecule has 2 aliphatic heterocycles. The van der Waals surface area contributed by atoms with Gasteiger partial charge in [-0.2, -0.15) is 5.10 Å². The zero-order valence-corrected chi connectivity index (χ0v) is 19.5. The number of imide groups is 1. The summed E-state index contributed by atoms with van der Waals surface area (Å²) in [6.45, 7) is 4.19. The molecular formula is C24H31N5O4. The smallest absolute Gasteiger partial charge is 0.328 e. The molecule has 9 heteroatoms. The molecule has 0 radical (unpaired) electrons. The highest BCUT2D eigenvalue weighted by Crippen LogP contribution is 2.38. The van der Waals surface area contributed by atoms with Gasteiger partial charge in [0.2, 0.25) is 0 Å². The fourth-order valence-corrected chi connectivity index (χ4v) is 4.92. The molecule has 0 saturated carbocycles. The highest BCUT2D eigenvalue weighted by Gasteiger charge is 2.58. The number of hydrogen-bond donors (Lipinski definition) is 0. The lowest BCUT2D eigenvalue weighted by Gasteiger charge is -2.42. The predicted octanol–water partition coefficient (Wildman–Crippen LogP) is 1.74. The summed E-state index contributed by atoms with van der Waals surface area (Å²) in [4.78, 5) is 43.8. The normalized spacial score (nSPS) is 18.4. The second-order valence-corrected chi connectivity index (χ2v) is 8.86. The number of hydrogen-bond acceptors (Lipinski definition) is 6. The number of aromatic nitrogens is 2. The van der Waals surface area contributed by atoms with Crippen molar-refractivity contribution in [3.63, 3.8) is 0 Å². The van der Waals surface area contributed by atoms with E-state index in [4.69, 9.17) is 4.74 Å². The van der Waals surface area contributed by atoms with Gasteiger partial charge in [0.05, 0.1) is 12.8 Å². The van der Waals surface area contributed by atoms with E-state index in [-0.39, 0.29) is 12.5 Å². The predicted molar refractivity (Wildman–Crippen MR) is 121 cm³/mol. The minimum atomic E-state index is -0.916. The molecule has 3 amide bonds. The van der Waals surface area contributed by atoms with Crippen LogP contribution in [0.4, 0.5) is 4.79 Å². The number of methoxy groups -OCH3 is 1. The molecule has 1 spiro atoms. The van der Waals surface area contributed by atoms with E-state index < -0.39 is 17.5 Å². The van der Waals surface area contributed by atoms with Crippen LogP contribution < -0.4 is 0 Å². The number of urea groups is 1. The van der Waals surface area contributed by atoms with Gasteiger partial charge in [-0.25, -0.2) is 4.79 Å². The summed E-state index contributed by atoms with van der Waals surface area (Å²) in [6.07, 6.45) is 3.73. The van der Waals surface area contributed by atoms with Gasteiger partial charge in [-0.15, -0.1) is 0 Å². The maximum Gasteiger partial charge on any atom is 0.328 e. The summed E-state index contributed by atoms with van der Waals surface area (Å²) in [5, 5.41) is 4.41. The average Bonchev–Trinajstić information content (AvgIpc) is 3.22. The molecule has 2 aromatic rings. The number of nitrogens with zero attached hydrogens (tertiary/aromatic N) is 5. The summed E-state index contributed by atoms with van der Waals surface area (Å²) < 4.78 is 6.54. The molecule has 2 aliphatic rings. The molecule has 3 heterocycles. The summed E-state index contributed by atoms with van der Waals surface area (Å²) in [6, 6.07) is 9.50. The SMILES string of the molecule is COC(=O)CN1C(=O)N(CCc2ccccc2)C2(CCN(Cc3cn(C)nc3C)CC2)C1=O. The molecule has 0 unspecified atom stereocenters. The second kappa shape index (κ2) is 9.35. The maximum absolute atomic E-state index is 13.5. The number of esters is 1. The minimum absolute atomic E-state index is 0.289. The van der Waals surface area contributed by atoms with E-state index in [0.717, 1.165) is 28.3 Å². The molecule has 4 rings (SSSR count). The third-order valence-corrected chi connectivity index (χ3v) is 6.80. The highest BCUT2D eigenvalue weighted by atomic mass is 16.5. The van der Waals surface area contributed by atoms with Gasteiger partial charge in [0.15, 0.2) is 0 Å². The Hall–Kier alpha value is -3.20. The third-order valence-electron chi connectivity index (χ3n) is 6.80. The topological polar surface area (TPSA) is 88.0 Å². The van der Waals surface area contributed by atoms with Gasteiger partial charge in [-0.3, -0.25) is 24.1 Å². The van der Waals surface area contributed by atoms with Gasteiger partial charge in [-0.1, -0.05) is 30.3 Å². The first-order valence-electron chi connectivity index (χ1n) is 11.3. The summed E-state index contributed by atoms with van der Waals surface area (Å²) in [7, 11) is 3.17. The molecule has 0 N–H and O–H groups in total. The van der Waals surface area contributed by atoms with Crippen LogP contribution >= 0.6 is 0 Å². The lowest BCUT2D eigenvalue weighted by atomic mass is 9.85. The van der Waals surface area contributed by atoms with Gasteiger partial charge < -0.3 is 9.64 Å². The number of carbonyl (C=O) groups is 3. The van der Waals surface area contributed by atoms with Gasteiger partial charge in [0, 0.05) is 45.0 Å². The molecule has 9 nitrogen and oxygen atoms in total. The minimum Gasteiger partial charge on any atom is -0.468 e. The molecule has 0 aliphatic carbocycles. The number of benzene rings is 1. The van der Waals surface area contributed by atoms with Gasteiger partial charge in [-0.05, 0) is 31.7 Å². The largest absolute Gasteiger partial charge is 0.468 e. The van der Waals surface area contributed by atoms with Crippen molar-refractivity contribution in [3.05, 3.63) is 53.3 Å². The van der Waals surface area contributed by atoms with E-state index in [1.807, 2.05) is 55.2 Å². The van der Waals surface area contributed by atoms with E-state index in [2.05, 4.69) is 10.00 Å². The number of aryl methyl sites for hydroxylation is 2. The Balaban J connectivity index is 1.52. The number of piperidine rings is 1. The van der Waals surface area contributed by atoms with Crippen LogP contribution in [0.25, 0.3) is 0 Å². The second-order valence-electron chi connectivity index (χ2n) is 8.86. The van der Waals surface area contributed by atoms with Gasteiger partial charge in [0.1, 0.15) is 12.1 Å². The lowest BCUT2D eigenvalue weighted by molar-refractivity contribution is -0.146. The monoisotopic (exact) mass is 453 g/mol. The Kier molecular flexibility index (Phi) is 6.51. The Bertz CT molecular complexity index is 1030. The van der Waals surface area contributed by atoms with Crippen LogP contribution in [0.15, 0.2) is 36.5 Å². The zero-order valence-electron chi connectivity index (χ0n) is 19.5. The van der Waals surface area contributed by atoms with Crippen LogP contribution in [0, 0.1) is 6.92 Å². The van der Waals surface area contributed by atoms with E-state index in [9.17, 15) is 14.4 Å². The molecule has 2 fully saturated rings. The number of likely N-dealkylation sites (tertiary alicyclic amines) is 1. The molecule has 33 heavy (non-hydrogen) atoms. The summed E-state index contributed by atoms with van der Waals surface area (Å²) in [5.74, 6) is -0.885. The van der Waals surface area contributed by atoms with Gasteiger partial charge >= 0.3 is 12.0 Å². The van der Waals surface area contributed by atoms with Crippen molar-refractivity contribution in [3.8, 4) is 0 Å². The van der Waals surface area contributed by atoms with Crippen LogP contribution in [0.1, 0.15) is 29.7 Å². The summed E-state index contributed by atoms with van der Waals surface area (Å²) >= 11 is 0. The zero-order chi connectivity index (χ0) is 23.6. The first-order valence-corrected chi connectivity index (χ1v) is 11.3. The lowest BCUT2D eigenvalue weighted by Crippen LogP contribution is -2.56. The Morgan fingerprint density at radius 3 is 2.45 bits per heavy atom. The van der Waals surface area contributed by atoms with E-state index >= 15 is 0 Å². The standard InChI is InChI=1S/C24H31N5O4/c1-18-20(15-26(2)25-18)16-27-13-10-24(11-14-27)22(31)28(17-21(30)33-3)23(32)29(24)12-9-19-7-5-4-6-8-19/h4-8,15H,9-14,16-17H2,1-3H3. The van der Waals surface area contributed by atoms with E-state index in [0.29, 0.717) is 38.9 Å². The Morgan fingerprint density at radius 1 is 1.15 bits per heavy atom. The van der Waals surface area contributed by atoms with E-state index in [1.54, 1.807) is 4.90 Å². The van der Waals surface area contributed by atoms with Crippen molar-refractivity contribution >= 4 is 17.9 Å². The van der Waals surface area contributed by atoms with Crippen LogP contribution in [0.5, 0.6) is 0 Å². The molecule has 0 atom stereocenters. The first-order chi connectivity index (χ1) is 15.8. The molecule has 176 valence electrons. The van der Waals surface area contributed by atoms with Crippen LogP contribution in [-0.2, 0) is 34.3 Å². The van der Waals surface area contributed by atoms with Crippen molar-refractivity contribution in [2.45, 2.75) is 38.3 Å². The molecule has 1 aromatic carbocycles. The van der Waals surface area contributed by atoms with Crippen LogP contribution in [0.3, 0.4) is 0 Å². The number of ether oxygens (including phenoxy) is 1. The molecule has 0 bridgehead atoms. The van der Waals surface area contributed by atoms with Crippen molar-refractivity contribution < 1.29 is 19.1 Å². The van der Waals surface area contributed by atoms with Crippen molar-refractivity contribution in [1.29, 1.82) is 0 Å². The fraction of sp³-hybridized carbons (Fsp3) is 0.500. The summed E-state index contributed by atoms with van der Waals surface area (Å²) in [5.41, 5.74) is 2.35. The van der Waals surface area contributed by atoms with Crippen molar-refractivity contribution in [2.75, 3.05) is 33.3 Å². The average molecular weight is 454 g/mol. The Morgan fingerprint density at radius 2 is 1.85 bits per heavy atom. The third kappa shape index (κ3) is 4.50. The van der Waals surface area contributed by atoms with Crippen molar-refractivity contribution in [1.82, 2.24) is 24.5 Å². The number of rotatable bonds is 7. The van der Waals surface area contributed by atoms with Crippen LogP contribution in [-0.4, -0.2) is 81.2 Å². The Labute approximate surface area is 193 Å². The number of amides is 3. The molecule has 2 saturated heterocycles. The van der Waals surface area contributed by atoms with E-state index in [1.165, 1.54) is 7.11 Å². The fourth-order valence-electron chi connectivity index (χ4n) is 4.92. The van der Waals surface area contributed by atoms with Gasteiger partial charge in [0.25, 0.3) is 5.91 Å². The molecular weight excluding hydrogens is 422 g/mol.